The number of benzene rings is 1. The monoisotopic (exact) mass is 237 g/mol. The molecule has 7 nitrogen and oxygen atoms in total. The molecule has 0 bridgehead atoms. The molecule has 0 spiro atoms. The van der Waals surface area contributed by atoms with Gasteiger partial charge in [0, 0.05) is 0 Å². The van der Waals surface area contributed by atoms with E-state index in [-0.39, 0.29) is 40.6 Å². The number of hydrogen-bond acceptors (Lipinski definition) is 6. The predicted molar refractivity (Wildman–Crippen MR) is 42.7 cm³/mol. The van der Waals surface area contributed by atoms with Gasteiger partial charge in [0.2, 0.25) is 0 Å². The van der Waals surface area contributed by atoms with Crippen LogP contribution >= 0.6 is 0 Å². The Balaban J connectivity index is 0.00000112. The van der Waals surface area contributed by atoms with E-state index in [0.717, 1.165) is 12.1 Å². The van der Waals surface area contributed by atoms with Gasteiger partial charge in [-0.05, 0) is 23.4 Å². The summed E-state index contributed by atoms with van der Waals surface area (Å²) in [6, 6.07) is 3.39. The van der Waals surface area contributed by atoms with Crippen LogP contribution in [0.15, 0.2) is 23.1 Å². The Morgan fingerprint density at radius 1 is 1.40 bits per heavy atom. The van der Waals surface area contributed by atoms with Gasteiger partial charge in [-0.3, -0.25) is 0 Å². The number of rotatable bonds is 1. The van der Waals surface area contributed by atoms with Crippen molar-refractivity contribution in [3.05, 3.63) is 18.2 Å². The van der Waals surface area contributed by atoms with E-state index < -0.39 is 15.0 Å². The van der Waals surface area contributed by atoms with Gasteiger partial charge < -0.3 is 9.76 Å². The molecule has 0 aliphatic heterocycles. The number of nitrogens with zero attached hydrogens (tertiary/aromatic N) is 3. The van der Waals surface area contributed by atoms with Crippen LogP contribution in [0.5, 0.6) is 0 Å². The van der Waals surface area contributed by atoms with Crippen LogP contribution in [0.2, 0.25) is 0 Å². The Hall–Kier alpha value is -0.670. The van der Waals surface area contributed by atoms with E-state index in [0.29, 0.717) is 4.85 Å². The van der Waals surface area contributed by atoms with Crippen molar-refractivity contribution in [2.75, 3.05) is 0 Å². The molecular formula is C6H4N3NaO4S. The van der Waals surface area contributed by atoms with Crippen LogP contribution in [0.1, 0.15) is 0 Å². The summed E-state index contributed by atoms with van der Waals surface area (Å²) < 4.78 is 31.8. The molecule has 0 aliphatic rings. The minimum absolute atomic E-state index is 0. The maximum absolute atomic E-state index is 10.6. The summed E-state index contributed by atoms with van der Waals surface area (Å²) in [5.74, 6) is 0. The minimum Gasteiger partial charge on any atom is -0.744 e. The Morgan fingerprint density at radius 2 is 2.07 bits per heavy atom. The molecule has 1 heterocycles. The molecule has 0 unspecified atom stereocenters. The molecule has 1 N–H and O–H groups in total. The second kappa shape index (κ2) is 4.06. The molecule has 0 saturated carbocycles. The summed E-state index contributed by atoms with van der Waals surface area (Å²) in [5.41, 5.74) is 0.377. The average Bonchev–Trinajstić information content (AvgIpc) is 2.46. The molecule has 0 atom stereocenters. The molecule has 15 heavy (non-hydrogen) atoms. The van der Waals surface area contributed by atoms with Gasteiger partial charge in [0.25, 0.3) is 0 Å². The maximum Gasteiger partial charge on any atom is 1.00 e. The Kier molecular flexibility index (Phi) is 3.36. The van der Waals surface area contributed by atoms with Crippen LogP contribution in [-0.2, 0) is 10.1 Å². The first-order valence-corrected chi connectivity index (χ1v) is 4.90. The Morgan fingerprint density at radius 3 is 2.67 bits per heavy atom. The fraction of sp³-hybridized carbons (Fsp3) is 0. The van der Waals surface area contributed by atoms with E-state index in [9.17, 15) is 13.0 Å². The molecule has 74 valence electrons. The van der Waals surface area contributed by atoms with Crippen LogP contribution in [0.4, 0.5) is 0 Å². The van der Waals surface area contributed by atoms with Crippen molar-refractivity contribution in [2.24, 2.45) is 0 Å². The van der Waals surface area contributed by atoms with Crippen molar-refractivity contribution in [1.82, 2.24) is 15.2 Å². The van der Waals surface area contributed by atoms with Gasteiger partial charge in [0.15, 0.2) is 0 Å². The molecular weight excluding hydrogens is 233 g/mol. The molecule has 0 saturated heterocycles. The van der Waals surface area contributed by atoms with Crippen molar-refractivity contribution >= 4 is 21.2 Å². The summed E-state index contributed by atoms with van der Waals surface area (Å²) in [6.45, 7) is 0. The van der Waals surface area contributed by atoms with E-state index in [4.69, 9.17) is 5.21 Å². The molecule has 0 radical (unpaired) electrons. The van der Waals surface area contributed by atoms with E-state index in [1.807, 2.05) is 0 Å². The van der Waals surface area contributed by atoms with E-state index in [2.05, 4.69) is 10.3 Å². The van der Waals surface area contributed by atoms with Gasteiger partial charge in [-0.2, -0.15) is 0 Å². The first-order valence-electron chi connectivity index (χ1n) is 3.49. The zero-order chi connectivity index (χ0) is 10.3. The topological polar surface area (TPSA) is 108 Å². The zero-order valence-electron chi connectivity index (χ0n) is 7.65. The summed E-state index contributed by atoms with van der Waals surface area (Å²) >= 11 is 0. The predicted octanol–water partition coefficient (Wildman–Crippen LogP) is -3.42. The van der Waals surface area contributed by atoms with E-state index in [1.165, 1.54) is 6.07 Å². The van der Waals surface area contributed by atoms with Crippen LogP contribution in [-0.4, -0.2) is 33.3 Å². The number of hydrogen-bond donors (Lipinski definition) is 1. The number of fused-ring (bicyclic) bond motifs is 1. The van der Waals surface area contributed by atoms with Crippen molar-refractivity contribution in [3.8, 4) is 0 Å². The largest absolute Gasteiger partial charge is 1.00 e. The van der Waals surface area contributed by atoms with Gasteiger partial charge in [0.1, 0.15) is 21.2 Å². The maximum atomic E-state index is 10.6. The third kappa shape index (κ3) is 2.29. The molecule has 0 aliphatic carbocycles. The smallest absolute Gasteiger partial charge is 0.744 e. The Bertz CT molecular complexity index is 593. The van der Waals surface area contributed by atoms with Gasteiger partial charge in [-0.25, -0.2) is 8.42 Å². The van der Waals surface area contributed by atoms with Crippen LogP contribution in [0.3, 0.4) is 0 Å². The standard InChI is InChI=1S/C6H5N3O4S.Na/c10-9-6-2-1-4(14(11,12)13)3-5(6)7-8-9;/h1-3,10H,(H,11,12,13);/q;+1/p-1. The molecule has 2 rings (SSSR count). The summed E-state index contributed by atoms with van der Waals surface area (Å²) in [4.78, 5) is 0.0989. The molecule has 0 fully saturated rings. The van der Waals surface area contributed by atoms with Crippen LogP contribution < -0.4 is 29.6 Å². The first-order chi connectivity index (χ1) is 6.48. The van der Waals surface area contributed by atoms with Crippen molar-refractivity contribution in [2.45, 2.75) is 4.90 Å². The first kappa shape index (κ1) is 12.4. The molecule has 1 aromatic heterocycles. The van der Waals surface area contributed by atoms with Crippen molar-refractivity contribution in [3.63, 3.8) is 0 Å². The fourth-order valence-electron chi connectivity index (χ4n) is 1.05. The van der Waals surface area contributed by atoms with E-state index >= 15 is 0 Å². The number of aromatic nitrogens is 3. The van der Waals surface area contributed by atoms with Gasteiger partial charge in [0.05, 0.1) is 4.90 Å². The average molecular weight is 237 g/mol. The third-order valence-corrected chi connectivity index (χ3v) is 2.52. The summed E-state index contributed by atoms with van der Waals surface area (Å²) in [7, 11) is -4.49. The zero-order valence-corrected chi connectivity index (χ0v) is 10.5. The van der Waals surface area contributed by atoms with Gasteiger partial charge in [-0.1, -0.05) is 4.85 Å². The fourth-order valence-corrected chi connectivity index (χ4v) is 1.54. The second-order valence-electron chi connectivity index (χ2n) is 2.58. The van der Waals surface area contributed by atoms with Crippen LogP contribution in [0.25, 0.3) is 11.0 Å². The molecule has 1 aromatic carbocycles. The van der Waals surface area contributed by atoms with Crippen molar-refractivity contribution < 1.29 is 47.7 Å². The Labute approximate surface area is 107 Å². The molecule has 0 amide bonds. The van der Waals surface area contributed by atoms with E-state index in [1.54, 1.807) is 0 Å². The minimum atomic E-state index is -4.49. The third-order valence-electron chi connectivity index (χ3n) is 1.69. The molecule has 9 heteroatoms. The molecule has 2 aromatic rings. The SMILES string of the molecule is O=S(=O)([O-])c1ccc2c(c1)nnn2O.[Na+]. The summed E-state index contributed by atoms with van der Waals surface area (Å²) in [6.07, 6.45) is 0. The van der Waals surface area contributed by atoms with Gasteiger partial charge in [-0.15, -0.1) is 5.10 Å². The normalized spacial score (nSPS) is 11.3. The van der Waals surface area contributed by atoms with Crippen molar-refractivity contribution in [1.29, 1.82) is 0 Å². The second-order valence-corrected chi connectivity index (χ2v) is 3.96. The van der Waals surface area contributed by atoms with Crippen LogP contribution in [0, 0.1) is 0 Å². The summed E-state index contributed by atoms with van der Waals surface area (Å²) in [5, 5.41) is 15.7. The quantitative estimate of drug-likeness (QED) is 0.314. The van der Waals surface area contributed by atoms with Gasteiger partial charge >= 0.3 is 29.6 Å².